The first-order chi connectivity index (χ1) is 32.0. The molecule has 0 radical (unpaired) electrons. The number of nitriles is 1. The van der Waals surface area contributed by atoms with E-state index in [9.17, 15) is 5.26 Å². The maximum Gasteiger partial charge on any atom is 0.145 e. The number of nitrogens with zero attached hydrogens (tertiary/aromatic N) is 3. The minimum atomic E-state index is -0.468. The standard InChI is InChI=1S/C61H40N4/c1-60(2)47-24-10-8-22-44(47)57-56(60)58(45-23-15-28-51-55(45)43-21-7-13-27-50(43)61(51)48-25-11-5-18-40(48)41-19-6-12-26-49(41)61)64-59(63-57)38-30-31-52(39(32-38)35-62)65-53-29-14-9-20-42(53)46-33-36-16-3-4-17-37(36)34-54(46)65/h3-34,59,63H,1-2H3. The SMILES string of the molecule is CC1(C)C2=C(NC(c3ccc(-n4c5ccccc5c5cc6ccccc6cc54)c(C#N)c3)N=C2c2cccc3c2-c2ccccc2C32c3ccccc3-c3ccccc32)c2ccccc21. The van der Waals surface area contributed by atoms with Crippen LogP contribution in [-0.2, 0) is 10.8 Å². The van der Waals surface area contributed by atoms with Gasteiger partial charge in [-0.25, -0.2) is 0 Å². The third kappa shape index (κ3) is 4.62. The Morgan fingerprint density at radius 1 is 0.523 bits per heavy atom. The molecule has 1 atom stereocenters. The first-order valence-electron chi connectivity index (χ1n) is 22.6. The van der Waals surface area contributed by atoms with Crippen LogP contribution in [0.2, 0.25) is 0 Å². The molecule has 0 saturated heterocycles. The largest absolute Gasteiger partial charge is 0.359 e. The highest BCUT2D eigenvalue weighted by Gasteiger charge is 2.53. The molecule has 10 aromatic rings. The molecule has 0 amide bonds. The van der Waals surface area contributed by atoms with E-state index >= 15 is 0 Å². The minimum absolute atomic E-state index is 0.337. The number of para-hydroxylation sites is 1. The molecule has 65 heavy (non-hydrogen) atoms. The Balaban J connectivity index is 0.995. The number of hydrogen-bond acceptors (Lipinski definition) is 3. The topological polar surface area (TPSA) is 53.1 Å². The van der Waals surface area contributed by atoms with Gasteiger partial charge in [-0.2, -0.15) is 5.26 Å². The predicted molar refractivity (Wildman–Crippen MR) is 265 cm³/mol. The molecule has 9 aromatic carbocycles. The van der Waals surface area contributed by atoms with E-state index in [0.29, 0.717) is 5.56 Å². The predicted octanol–water partition coefficient (Wildman–Crippen LogP) is 13.9. The average Bonchev–Trinajstić information content (AvgIpc) is 4.03. The molecular formula is C61H40N4. The molecule has 1 unspecified atom stereocenters. The van der Waals surface area contributed by atoms with Gasteiger partial charge in [-0.15, -0.1) is 0 Å². The van der Waals surface area contributed by atoms with Crippen LogP contribution in [0.4, 0.5) is 0 Å². The lowest BCUT2D eigenvalue weighted by molar-refractivity contribution is 0.627. The molecule has 1 aromatic heterocycles. The number of allylic oxidation sites excluding steroid dienone is 1. The molecule has 0 fully saturated rings. The Kier molecular flexibility index (Phi) is 7.20. The van der Waals surface area contributed by atoms with Gasteiger partial charge in [0.05, 0.1) is 33.4 Å². The van der Waals surface area contributed by atoms with Crippen LogP contribution in [-0.4, -0.2) is 10.3 Å². The van der Waals surface area contributed by atoms with Crippen LogP contribution in [0.25, 0.3) is 66.2 Å². The van der Waals surface area contributed by atoms with Crippen LogP contribution < -0.4 is 5.32 Å². The lowest BCUT2D eigenvalue weighted by atomic mass is 9.70. The number of nitrogens with one attached hydrogen (secondary N) is 1. The molecular weight excluding hydrogens is 789 g/mol. The third-order valence-corrected chi connectivity index (χ3v) is 15.0. The highest BCUT2D eigenvalue weighted by molar-refractivity contribution is 6.24. The second kappa shape index (κ2) is 12.9. The van der Waals surface area contributed by atoms with Crippen molar-refractivity contribution in [2.45, 2.75) is 30.8 Å². The van der Waals surface area contributed by atoms with Crippen LogP contribution in [0.3, 0.4) is 0 Å². The van der Waals surface area contributed by atoms with Gasteiger partial charge in [-0.3, -0.25) is 4.99 Å². The number of fused-ring (bicyclic) bond motifs is 16. The van der Waals surface area contributed by atoms with E-state index < -0.39 is 11.6 Å². The Morgan fingerprint density at radius 3 is 1.85 bits per heavy atom. The van der Waals surface area contributed by atoms with E-state index in [1.54, 1.807) is 0 Å². The number of aromatic nitrogens is 1. The summed E-state index contributed by atoms with van der Waals surface area (Å²) in [5, 5.41) is 19.7. The molecule has 14 rings (SSSR count). The van der Waals surface area contributed by atoms with Gasteiger partial charge in [0.2, 0.25) is 0 Å². The Labute approximate surface area is 377 Å². The average molecular weight is 829 g/mol. The second-order valence-corrected chi connectivity index (χ2v) is 18.5. The van der Waals surface area contributed by atoms with Gasteiger partial charge in [-0.05, 0) is 96.7 Å². The Morgan fingerprint density at radius 2 is 1.11 bits per heavy atom. The molecule has 0 saturated carbocycles. The minimum Gasteiger partial charge on any atom is -0.359 e. The van der Waals surface area contributed by atoms with Crippen molar-refractivity contribution in [2.24, 2.45) is 4.99 Å². The fourth-order valence-corrected chi connectivity index (χ4v) is 12.4. The Bertz CT molecular complexity index is 3820. The van der Waals surface area contributed by atoms with Crippen molar-refractivity contribution in [1.29, 1.82) is 5.26 Å². The van der Waals surface area contributed by atoms with Crippen molar-refractivity contribution in [3.63, 3.8) is 0 Å². The van der Waals surface area contributed by atoms with Crippen molar-refractivity contribution < 1.29 is 0 Å². The Hall–Kier alpha value is -8.26. The molecule has 1 aliphatic heterocycles. The molecule has 304 valence electrons. The van der Waals surface area contributed by atoms with E-state index in [1.165, 1.54) is 77.4 Å². The quantitative estimate of drug-likeness (QED) is 0.193. The number of rotatable bonds is 3. The fraction of sp³-hybridized carbons (Fsp3) is 0.0820. The zero-order valence-electron chi connectivity index (χ0n) is 35.9. The third-order valence-electron chi connectivity index (χ3n) is 15.0. The van der Waals surface area contributed by atoms with E-state index in [-0.39, 0.29) is 5.41 Å². The number of aliphatic imine (C=N–C) groups is 1. The number of hydrogen-bond donors (Lipinski definition) is 1. The summed E-state index contributed by atoms with van der Waals surface area (Å²) in [5.74, 6) is 0. The molecule has 4 heteroatoms. The van der Waals surface area contributed by atoms with Gasteiger partial charge in [0.15, 0.2) is 0 Å². The normalized spacial score (nSPS) is 16.7. The zero-order valence-corrected chi connectivity index (χ0v) is 35.9. The summed E-state index contributed by atoms with van der Waals surface area (Å²) < 4.78 is 2.26. The summed E-state index contributed by atoms with van der Waals surface area (Å²) in [6.07, 6.45) is -0.455. The molecule has 4 nitrogen and oxygen atoms in total. The number of benzene rings is 9. The molecule has 1 spiro atoms. The highest BCUT2D eigenvalue weighted by Crippen LogP contribution is 2.64. The summed E-state index contributed by atoms with van der Waals surface area (Å²) in [6, 6.07) is 73.2. The zero-order chi connectivity index (χ0) is 43.2. The summed E-state index contributed by atoms with van der Waals surface area (Å²) >= 11 is 0. The fourth-order valence-electron chi connectivity index (χ4n) is 12.4. The van der Waals surface area contributed by atoms with Crippen LogP contribution in [0.5, 0.6) is 0 Å². The van der Waals surface area contributed by atoms with E-state index in [1.807, 2.05) is 0 Å². The van der Waals surface area contributed by atoms with Crippen LogP contribution in [0, 0.1) is 11.3 Å². The first-order valence-corrected chi connectivity index (χ1v) is 22.6. The first kappa shape index (κ1) is 36.2. The molecule has 2 heterocycles. The summed E-state index contributed by atoms with van der Waals surface area (Å²) in [6.45, 7) is 4.68. The smallest absolute Gasteiger partial charge is 0.145 e. The summed E-state index contributed by atoms with van der Waals surface area (Å²) in [7, 11) is 0. The second-order valence-electron chi connectivity index (χ2n) is 18.5. The van der Waals surface area contributed by atoms with Crippen molar-refractivity contribution in [3.05, 3.63) is 250 Å². The van der Waals surface area contributed by atoms with Crippen LogP contribution in [0.1, 0.15) is 70.1 Å². The van der Waals surface area contributed by atoms with E-state index in [0.717, 1.165) is 44.6 Å². The van der Waals surface area contributed by atoms with Gasteiger partial charge in [-0.1, -0.05) is 178 Å². The highest BCUT2D eigenvalue weighted by atomic mass is 15.1. The van der Waals surface area contributed by atoms with Gasteiger partial charge >= 0.3 is 0 Å². The van der Waals surface area contributed by atoms with Crippen molar-refractivity contribution >= 4 is 44.0 Å². The summed E-state index contributed by atoms with van der Waals surface area (Å²) in [4.78, 5) is 5.83. The maximum atomic E-state index is 11.0. The lowest BCUT2D eigenvalue weighted by Crippen LogP contribution is -2.32. The van der Waals surface area contributed by atoms with Gasteiger partial charge in [0.1, 0.15) is 12.2 Å². The lowest BCUT2D eigenvalue weighted by Gasteiger charge is -2.33. The van der Waals surface area contributed by atoms with Crippen molar-refractivity contribution in [2.75, 3.05) is 0 Å². The van der Waals surface area contributed by atoms with Crippen molar-refractivity contribution in [1.82, 2.24) is 9.88 Å². The summed E-state index contributed by atoms with van der Waals surface area (Å²) in [5.41, 5.74) is 20.9. The molecule has 3 aliphatic carbocycles. The van der Waals surface area contributed by atoms with Crippen LogP contribution in [0.15, 0.2) is 205 Å². The van der Waals surface area contributed by atoms with E-state index in [4.69, 9.17) is 4.99 Å². The molecule has 1 N–H and O–H groups in total. The molecule has 4 aliphatic rings. The van der Waals surface area contributed by atoms with Gasteiger partial charge in [0.25, 0.3) is 0 Å². The molecule has 0 bridgehead atoms. The van der Waals surface area contributed by atoms with Crippen LogP contribution >= 0.6 is 0 Å². The van der Waals surface area contributed by atoms with Crippen molar-refractivity contribution in [3.8, 4) is 34.0 Å². The maximum absolute atomic E-state index is 11.0. The monoisotopic (exact) mass is 828 g/mol. The van der Waals surface area contributed by atoms with E-state index in [2.05, 4.69) is 224 Å². The van der Waals surface area contributed by atoms with Gasteiger partial charge in [0, 0.05) is 38.6 Å². The van der Waals surface area contributed by atoms with Gasteiger partial charge < -0.3 is 9.88 Å².